The molecule has 0 saturated heterocycles. The Balaban J connectivity index is 1.49. The molecule has 4 aromatic heterocycles. The summed E-state index contributed by atoms with van der Waals surface area (Å²) in [6.07, 6.45) is -1.07. The summed E-state index contributed by atoms with van der Waals surface area (Å²) in [5.41, 5.74) is 4.10. The maximum Gasteiger partial charge on any atom is 0.416 e. The summed E-state index contributed by atoms with van der Waals surface area (Å²) >= 11 is 0. The molecule has 0 aliphatic heterocycles. The average Bonchev–Trinajstić information content (AvgIpc) is 3.45. The molecule has 0 fully saturated rings. The zero-order valence-electron chi connectivity index (χ0n) is 19.1. The molecule has 0 saturated carbocycles. The lowest BCUT2D eigenvalue weighted by atomic mass is 10.1. The number of aromatic amines is 1. The molecule has 1 aromatic carbocycles. The highest BCUT2D eigenvalue weighted by molar-refractivity contribution is 5.77. The highest BCUT2D eigenvalue weighted by Gasteiger charge is 2.33. The fourth-order valence-electron chi connectivity index (χ4n) is 4.07. The van der Waals surface area contributed by atoms with Gasteiger partial charge in [-0.3, -0.25) is 9.88 Å². The van der Waals surface area contributed by atoms with Crippen LogP contribution in [0.2, 0.25) is 0 Å². The Morgan fingerprint density at radius 1 is 0.971 bits per heavy atom. The van der Waals surface area contributed by atoms with Gasteiger partial charge in [0, 0.05) is 24.0 Å². The van der Waals surface area contributed by atoms with Gasteiger partial charge in [-0.15, -0.1) is 0 Å². The lowest BCUT2D eigenvalue weighted by Crippen LogP contribution is -2.20. The first-order chi connectivity index (χ1) is 16.8. The van der Waals surface area contributed by atoms with E-state index in [1.54, 1.807) is 22.5 Å². The van der Waals surface area contributed by atoms with E-state index in [9.17, 15) is 13.2 Å². The number of aryl methyl sites for hydroxylation is 1. The molecule has 5 rings (SSSR count). The number of H-pyrrole nitrogens is 1. The van der Waals surface area contributed by atoms with E-state index in [-0.39, 0.29) is 12.1 Å². The van der Waals surface area contributed by atoms with E-state index in [4.69, 9.17) is 4.98 Å². The molecular weight excluding hydrogens is 455 g/mol. The van der Waals surface area contributed by atoms with Gasteiger partial charge in [0.05, 0.1) is 23.5 Å². The van der Waals surface area contributed by atoms with Crippen molar-refractivity contribution in [2.75, 3.05) is 7.05 Å². The molecular formula is C25H22F3N7. The Bertz CT molecular complexity index is 1490. The first-order valence-corrected chi connectivity index (χ1v) is 10.9. The summed E-state index contributed by atoms with van der Waals surface area (Å²) < 4.78 is 41.9. The highest BCUT2D eigenvalue weighted by Crippen LogP contribution is 2.33. The Labute approximate surface area is 199 Å². The SMILES string of the molecule is Cc1cccc(-c2nc(CN(C)Cc3ccccc3C(F)(F)F)[nH]c2-c2ccc3ncnn3c2)n1. The number of alkyl halides is 3. The predicted octanol–water partition coefficient (Wildman–Crippen LogP) is 5.14. The number of hydrogen-bond acceptors (Lipinski definition) is 5. The average molecular weight is 477 g/mol. The molecule has 1 N–H and O–H groups in total. The first-order valence-electron chi connectivity index (χ1n) is 10.9. The minimum Gasteiger partial charge on any atom is -0.340 e. The minimum atomic E-state index is -4.40. The van der Waals surface area contributed by atoms with Crippen molar-refractivity contribution in [3.8, 4) is 22.6 Å². The van der Waals surface area contributed by atoms with Crippen LogP contribution in [0.5, 0.6) is 0 Å². The molecule has 0 unspecified atom stereocenters. The standard InChI is InChI=1S/C25H22F3N7/c1-16-6-5-9-20(31-16)24-23(18-10-11-22-29-15-30-35(22)13-18)32-21(33-24)14-34(2)12-17-7-3-4-8-19(17)25(26,27)28/h3-11,13,15H,12,14H2,1-2H3,(H,32,33). The van der Waals surface area contributed by atoms with Crippen molar-refractivity contribution in [3.63, 3.8) is 0 Å². The fourth-order valence-corrected chi connectivity index (χ4v) is 4.07. The Hall–Kier alpha value is -4.05. The molecule has 0 atom stereocenters. The van der Waals surface area contributed by atoms with Crippen LogP contribution in [-0.4, -0.2) is 41.5 Å². The second kappa shape index (κ2) is 8.95. The molecule has 0 aliphatic carbocycles. The summed E-state index contributed by atoms with van der Waals surface area (Å²) in [4.78, 5) is 18.7. The number of imidazole rings is 1. The fraction of sp³-hybridized carbons (Fsp3) is 0.200. The summed E-state index contributed by atoms with van der Waals surface area (Å²) in [6.45, 7) is 2.34. The van der Waals surface area contributed by atoms with Gasteiger partial charge in [0.2, 0.25) is 0 Å². The van der Waals surface area contributed by atoms with E-state index in [2.05, 4.69) is 20.1 Å². The van der Waals surface area contributed by atoms with Gasteiger partial charge in [-0.1, -0.05) is 24.3 Å². The Morgan fingerprint density at radius 3 is 2.60 bits per heavy atom. The topological polar surface area (TPSA) is 75.0 Å². The number of hydrogen-bond donors (Lipinski definition) is 1. The van der Waals surface area contributed by atoms with Crippen LogP contribution in [0.25, 0.3) is 28.3 Å². The van der Waals surface area contributed by atoms with Gasteiger partial charge >= 0.3 is 6.18 Å². The summed E-state index contributed by atoms with van der Waals surface area (Å²) in [5, 5.41) is 4.21. The summed E-state index contributed by atoms with van der Waals surface area (Å²) in [5.74, 6) is 0.615. The molecule has 0 spiro atoms. The number of pyridine rings is 2. The molecule has 4 heterocycles. The molecule has 35 heavy (non-hydrogen) atoms. The zero-order valence-corrected chi connectivity index (χ0v) is 19.1. The Kier molecular flexibility index (Phi) is 5.81. The minimum absolute atomic E-state index is 0.120. The smallest absolute Gasteiger partial charge is 0.340 e. The molecule has 0 aliphatic rings. The van der Waals surface area contributed by atoms with Crippen molar-refractivity contribution in [1.82, 2.24) is 34.4 Å². The van der Waals surface area contributed by atoms with Gasteiger partial charge in [-0.05, 0) is 49.9 Å². The third kappa shape index (κ3) is 4.78. The summed E-state index contributed by atoms with van der Waals surface area (Å²) in [7, 11) is 1.77. The van der Waals surface area contributed by atoms with E-state index in [0.29, 0.717) is 29.4 Å². The quantitative estimate of drug-likeness (QED) is 0.367. The molecule has 7 nitrogen and oxygen atoms in total. The van der Waals surface area contributed by atoms with Crippen LogP contribution in [0, 0.1) is 6.92 Å². The van der Waals surface area contributed by atoms with Gasteiger partial charge in [0.25, 0.3) is 0 Å². The lowest BCUT2D eigenvalue weighted by Gasteiger charge is -2.19. The number of nitrogens with one attached hydrogen (secondary N) is 1. The van der Waals surface area contributed by atoms with Crippen LogP contribution in [0.1, 0.15) is 22.6 Å². The van der Waals surface area contributed by atoms with Gasteiger partial charge in [-0.2, -0.15) is 18.3 Å². The molecule has 178 valence electrons. The van der Waals surface area contributed by atoms with E-state index < -0.39 is 11.7 Å². The Morgan fingerprint density at radius 2 is 1.80 bits per heavy atom. The van der Waals surface area contributed by atoms with Gasteiger partial charge in [0.1, 0.15) is 17.8 Å². The number of nitrogens with zero attached hydrogens (tertiary/aromatic N) is 6. The van der Waals surface area contributed by atoms with Crippen LogP contribution in [0.15, 0.2) is 67.1 Å². The van der Waals surface area contributed by atoms with Crippen molar-refractivity contribution in [2.45, 2.75) is 26.2 Å². The maximum absolute atomic E-state index is 13.4. The van der Waals surface area contributed by atoms with E-state index in [1.165, 1.54) is 18.5 Å². The van der Waals surface area contributed by atoms with Crippen molar-refractivity contribution in [2.24, 2.45) is 0 Å². The number of aromatic nitrogens is 6. The van der Waals surface area contributed by atoms with Gasteiger partial charge in [0.15, 0.2) is 5.65 Å². The number of fused-ring (bicyclic) bond motifs is 1. The van der Waals surface area contributed by atoms with Crippen LogP contribution in [0.4, 0.5) is 13.2 Å². The number of benzene rings is 1. The molecule has 0 bridgehead atoms. The molecule has 0 amide bonds. The molecule has 5 aromatic rings. The van der Waals surface area contributed by atoms with Crippen LogP contribution >= 0.6 is 0 Å². The summed E-state index contributed by atoms with van der Waals surface area (Å²) in [6, 6.07) is 15.1. The van der Waals surface area contributed by atoms with Crippen LogP contribution < -0.4 is 0 Å². The van der Waals surface area contributed by atoms with Crippen LogP contribution in [0.3, 0.4) is 0 Å². The third-order valence-electron chi connectivity index (χ3n) is 5.63. The van der Waals surface area contributed by atoms with E-state index >= 15 is 0 Å². The van der Waals surface area contributed by atoms with Crippen LogP contribution in [-0.2, 0) is 19.3 Å². The second-order valence-corrected chi connectivity index (χ2v) is 8.38. The van der Waals surface area contributed by atoms with Crippen molar-refractivity contribution in [3.05, 3.63) is 89.8 Å². The first kappa shape index (κ1) is 22.7. The number of rotatable bonds is 6. The normalized spacial score (nSPS) is 12.1. The monoisotopic (exact) mass is 477 g/mol. The molecule has 10 heteroatoms. The second-order valence-electron chi connectivity index (χ2n) is 8.38. The van der Waals surface area contributed by atoms with E-state index in [0.717, 1.165) is 23.0 Å². The molecule has 0 radical (unpaired) electrons. The van der Waals surface area contributed by atoms with Gasteiger partial charge < -0.3 is 4.98 Å². The largest absolute Gasteiger partial charge is 0.416 e. The van der Waals surface area contributed by atoms with Crippen molar-refractivity contribution >= 4 is 5.65 Å². The zero-order chi connectivity index (χ0) is 24.6. The highest BCUT2D eigenvalue weighted by atomic mass is 19.4. The lowest BCUT2D eigenvalue weighted by molar-refractivity contribution is -0.138. The van der Waals surface area contributed by atoms with Crippen molar-refractivity contribution in [1.29, 1.82) is 0 Å². The third-order valence-corrected chi connectivity index (χ3v) is 5.63. The predicted molar refractivity (Wildman–Crippen MR) is 125 cm³/mol. The number of halogens is 3. The van der Waals surface area contributed by atoms with E-state index in [1.807, 2.05) is 43.5 Å². The van der Waals surface area contributed by atoms with Gasteiger partial charge in [-0.25, -0.2) is 14.5 Å². The maximum atomic E-state index is 13.4. The van der Waals surface area contributed by atoms with Crippen molar-refractivity contribution < 1.29 is 13.2 Å².